The first-order chi connectivity index (χ1) is 17.6. The fourth-order valence-electron chi connectivity index (χ4n) is 6.31. The van der Waals surface area contributed by atoms with Crippen LogP contribution in [0, 0.1) is 5.92 Å². The Bertz CT molecular complexity index is 1000. The highest BCUT2D eigenvalue weighted by Gasteiger charge is 2.34. The molecule has 7 heteroatoms. The van der Waals surface area contributed by atoms with E-state index in [1.54, 1.807) is 0 Å². The standard InChI is InChI=1S/C29H42N6S/c1-23-12-11-19-35(21-23)26-20-25(34-17-9-4-10-18-34)31-27(32-26)33-28(36)30-22-29(15-7-3-8-16-29)24-13-5-2-6-14-24/h2,5-6,13-14,20,23H,3-4,7-12,15-19,21-22H2,1H3,(H2,30,31,32,33,36)/t23-/m0/s1. The number of piperidine rings is 2. The lowest BCUT2D eigenvalue weighted by atomic mass is 9.69. The molecule has 2 N–H and O–H groups in total. The third-order valence-corrected chi connectivity index (χ3v) is 8.62. The van der Waals surface area contributed by atoms with Crippen molar-refractivity contribution in [3.05, 3.63) is 42.0 Å². The van der Waals surface area contributed by atoms with E-state index in [-0.39, 0.29) is 5.41 Å². The lowest BCUT2D eigenvalue weighted by Crippen LogP contribution is -2.43. The molecule has 0 radical (unpaired) electrons. The van der Waals surface area contributed by atoms with E-state index in [9.17, 15) is 0 Å². The second-order valence-electron chi connectivity index (χ2n) is 11.2. The summed E-state index contributed by atoms with van der Waals surface area (Å²) in [6, 6.07) is 13.2. The average molecular weight is 507 g/mol. The Labute approximate surface area is 222 Å². The molecule has 194 valence electrons. The molecule has 1 atom stereocenters. The summed E-state index contributed by atoms with van der Waals surface area (Å²) in [5, 5.41) is 7.54. The predicted molar refractivity (Wildman–Crippen MR) is 154 cm³/mol. The number of nitrogens with one attached hydrogen (secondary N) is 2. The van der Waals surface area contributed by atoms with Crippen molar-refractivity contribution in [2.24, 2.45) is 5.92 Å². The summed E-state index contributed by atoms with van der Waals surface area (Å²) in [6.07, 6.45) is 12.5. The number of aromatic nitrogens is 2. The number of hydrogen-bond acceptors (Lipinski definition) is 5. The highest BCUT2D eigenvalue weighted by molar-refractivity contribution is 7.80. The molecule has 1 saturated carbocycles. The van der Waals surface area contributed by atoms with E-state index in [0.29, 0.717) is 17.0 Å². The normalized spacial score (nSPS) is 22.2. The van der Waals surface area contributed by atoms with Gasteiger partial charge in [0.2, 0.25) is 5.95 Å². The van der Waals surface area contributed by atoms with Crippen LogP contribution >= 0.6 is 12.2 Å². The van der Waals surface area contributed by atoms with Crippen LogP contribution in [0.4, 0.5) is 17.6 Å². The molecule has 6 nitrogen and oxygen atoms in total. The van der Waals surface area contributed by atoms with Crippen molar-refractivity contribution in [3.63, 3.8) is 0 Å². The van der Waals surface area contributed by atoms with Gasteiger partial charge in [-0.3, -0.25) is 0 Å². The number of anilines is 3. The van der Waals surface area contributed by atoms with Crippen LogP contribution in [0.2, 0.25) is 0 Å². The van der Waals surface area contributed by atoms with Gasteiger partial charge in [-0.15, -0.1) is 0 Å². The molecule has 1 aromatic carbocycles. The maximum Gasteiger partial charge on any atom is 0.232 e. The van der Waals surface area contributed by atoms with Gasteiger partial charge in [0.25, 0.3) is 0 Å². The Balaban J connectivity index is 1.32. The number of rotatable bonds is 6. The second-order valence-corrected chi connectivity index (χ2v) is 11.6. The van der Waals surface area contributed by atoms with Gasteiger partial charge >= 0.3 is 0 Å². The van der Waals surface area contributed by atoms with Crippen molar-refractivity contribution in [2.75, 3.05) is 47.8 Å². The van der Waals surface area contributed by atoms with Gasteiger partial charge < -0.3 is 20.4 Å². The Morgan fingerprint density at radius 3 is 2.31 bits per heavy atom. The third kappa shape index (κ3) is 6.10. The highest BCUT2D eigenvalue weighted by atomic mass is 32.1. The number of hydrogen-bond donors (Lipinski definition) is 2. The molecule has 0 amide bonds. The van der Waals surface area contributed by atoms with E-state index in [2.05, 4.69) is 63.8 Å². The molecule has 36 heavy (non-hydrogen) atoms. The molecule has 1 aromatic heterocycles. The zero-order chi connectivity index (χ0) is 24.8. The molecule has 3 fully saturated rings. The molecule has 3 heterocycles. The SMILES string of the molecule is C[C@H]1CCCN(c2cc(N3CCCCC3)nc(NC(=S)NCC3(c4ccccc4)CCCCC3)n2)C1. The molecule has 3 aliphatic rings. The Morgan fingerprint density at radius 1 is 0.917 bits per heavy atom. The highest BCUT2D eigenvalue weighted by Crippen LogP contribution is 2.39. The van der Waals surface area contributed by atoms with Crippen LogP contribution in [-0.4, -0.2) is 47.8 Å². The molecular formula is C29H42N6S. The predicted octanol–water partition coefficient (Wildman–Crippen LogP) is 5.89. The summed E-state index contributed by atoms with van der Waals surface area (Å²) in [5.41, 5.74) is 1.56. The molecule has 0 unspecified atom stereocenters. The van der Waals surface area contributed by atoms with Gasteiger partial charge in [-0.05, 0) is 68.6 Å². The largest absolute Gasteiger partial charge is 0.361 e. The van der Waals surface area contributed by atoms with Crippen LogP contribution in [-0.2, 0) is 5.41 Å². The van der Waals surface area contributed by atoms with Gasteiger partial charge in [-0.25, -0.2) is 0 Å². The van der Waals surface area contributed by atoms with E-state index in [1.165, 1.54) is 69.8 Å². The van der Waals surface area contributed by atoms with Crippen molar-refractivity contribution >= 4 is 34.9 Å². The van der Waals surface area contributed by atoms with Gasteiger partial charge in [0.1, 0.15) is 11.6 Å². The minimum absolute atomic E-state index is 0.136. The first-order valence-corrected chi connectivity index (χ1v) is 14.5. The van der Waals surface area contributed by atoms with E-state index in [4.69, 9.17) is 22.2 Å². The number of nitrogens with zero attached hydrogens (tertiary/aromatic N) is 4. The van der Waals surface area contributed by atoms with Crippen molar-refractivity contribution in [3.8, 4) is 0 Å². The fourth-order valence-corrected chi connectivity index (χ4v) is 6.47. The van der Waals surface area contributed by atoms with Crippen molar-refractivity contribution in [1.29, 1.82) is 0 Å². The van der Waals surface area contributed by atoms with Crippen molar-refractivity contribution in [2.45, 2.75) is 76.5 Å². The van der Waals surface area contributed by atoms with Gasteiger partial charge in [-0.2, -0.15) is 9.97 Å². The summed E-state index contributed by atoms with van der Waals surface area (Å²) in [7, 11) is 0. The summed E-state index contributed by atoms with van der Waals surface area (Å²) < 4.78 is 0. The van der Waals surface area contributed by atoms with E-state index in [0.717, 1.165) is 44.4 Å². The molecule has 5 rings (SSSR count). The maximum atomic E-state index is 5.79. The van der Waals surface area contributed by atoms with Gasteiger partial charge in [0, 0.05) is 44.2 Å². The summed E-state index contributed by atoms with van der Waals surface area (Å²) >= 11 is 5.79. The summed E-state index contributed by atoms with van der Waals surface area (Å²) in [5.74, 6) is 3.35. The molecule has 2 aromatic rings. The second kappa shape index (κ2) is 11.8. The molecule has 0 bridgehead atoms. The fraction of sp³-hybridized carbons (Fsp3) is 0.621. The molecule has 2 saturated heterocycles. The Hall–Kier alpha value is -2.41. The van der Waals surface area contributed by atoms with Crippen LogP contribution in [0.5, 0.6) is 0 Å². The topological polar surface area (TPSA) is 56.3 Å². The zero-order valence-electron chi connectivity index (χ0n) is 21.8. The quantitative estimate of drug-likeness (QED) is 0.474. The molecule has 0 spiro atoms. The summed E-state index contributed by atoms with van der Waals surface area (Å²) in [6.45, 7) is 7.42. The number of benzene rings is 1. The van der Waals surface area contributed by atoms with Gasteiger partial charge in [0.15, 0.2) is 5.11 Å². The lowest BCUT2D eigenvalue weighted by Gasteiger charge is -2.38. The number of thiocarbonyl (C=S) groups is 1. The monoisotopic (exact) mass is 506 g/mol. The lowest BCUT2D eigenvalue weighted by molar-refractivity contribution is 0.292. The van der Waals surface area contributed by atoms with Crippen LogP contribution in [0.15, 0.2) is 36.4 Å². The first-order valence-electron chi connectivity index (χ1n) is 14.1. The van der Waals surface area contributed by atoms with Crippen LogP contribution in [0.25, 0.3) is 0 Å². The van der Waals surface area contributed by atoms with Crippen LogP contribution in [0.1, 0.15) is 76.7 Å². The van der Waals surface area contributed by atoms with E-state index in [1.807, 2.05) is 0 Å². The van der Waals surface area contributed by atoms with Crippen LogP contribution in [0.3, 0.4) is 0 Å². The smallest absolute Gasteiger partial charge is 0.232 e. The minimum Gasteiger partial charge on any atom is -0.361 e. The summed E-state index contributed by atoms with van der Waals surface area (Å²) in [4.78, 5) is 14.7. The Kier molecular flexibility index (Phi) is 8.25. The van der Waals surface area contributed by atoms with Crippen LogP contribution < -0.4 is 20.4 Å². The Morgan fingerprint density at radius 2 is 1.58 bits per heavy atom. The maximum absolute atomic E-state index is 5.79. The molecular weight excluding hydrogens is 464 g/mol. The molecule has 2 aliphatic heterocycles. The zero-order valence-corrected chi connectivity index (χ0v) is 22.7. The van der Waals surface area contributed by atoms with Gasteiger partial charge in [-0.1, -0.05) is 56.5 Å². The van der Waals surface area contributed by atoms with Gasteiger partial charge in [0.05, 0.1) is 0 Å². The average Bonchev–Trinajstić information content (AvgIpc) is 2.93. The third-order valence-electron chi connectivity index (χ3n) is 8.37. The molecule has 1 aliphatic carbocycles. The van der Waals surface area contributed by atoms with Crippen molar-refractivity contribution < 1.29 is 0 Å². The van der Waals surface area contributed by atoms with Crippen molar-refractivity contribution in [1.82, 2.24) is 15.3 Å². The minimum atomic E-state index is 0.136. The van der Waals surface area contributed by atoms with E-state index >= 15 is 0 Å². The first kappa shape index (κ1) is 25.2. The van der Waals surface area contributed by atoms with E-state index < -0.39 is 0 Å².